The molecule has 8 nitrogen and oxygen atoms in total. The molecule has 3 N–H and O–H groups in total. The molecule has 148 valence electrons. The highest BCUT2D eigenvalue weighted by molar-refractivity contribution is 7.92. The van der Waals surface area contributed by atoms with Gasteiger partial charge in [-0.05, 0) is 32.0 Å². The molecule has 0 unspecified atom stereocenters. The maximum atomic E-state index is 12.5. The number of anilines is 1. The zero-order chi connectivity index (χ0) is 18.5. The number of halogens is 1. The van der Waals surface area contributed by atoms with Crippen LogP contribution in [0.25, 0.3) is 0 Å². The van der Waals surface area contributed by atoms with Crippen LogP contribution in [0, 0.1) is 0 Å². The van der Waals surface area contributed by atoms with E-state index in [-0.39, 0.29) is 41.0 Å². The van der Waals surface area contributed by atoms with Gasteiger partial charge in [-0.15, -0.1) is 12.4 Å². The Kier molecular flexibility index (Phi) is 8.35. The van der Waals surface area contributed by atoms with Crippen molar-refractivity contribution >= 4 is 38.1 Å². The lowest BCUT2D eigenvalue weighted by Crippen LogP contribution is -2.30. The SMILES string of the molecule is CCS(=O)(=O)Nc1ccc(S(=O)(=O)NCC2=CCNCC2)c(OC)c1.Cl. The number of nitrogens with one attached hydrogen (secondary N) is 3. The third-order valence-electron chi connectivity index (χ3n) is 3.75. The van der Waals surface area contributed by atoms with Gasteiger partial charge in [0.05, 0.1) is 18.6 Å². The van der Waals surface area contributed by atoms with E-state index in [9.17, 15) is 16.8 Å². The van der Waals surface area contributed by atoms with Gasteiger partial charge in [0, 0.05) is 19.2 Å². The molecule has 0 fully saturated rings. The lowest BCUT2D eigenvalue weighted by molar-refractivity contribution is 0.402. The molecule has 0 aliphatic carbocycles. The van der Waals surface area contributed by atoms with Gasteiger partial charge in [0.15, 0.2) is 0 Å². The second-order valence-corrected chi connectivity index (χ2v) is 9.26. The molecule has 0 saturated carbocycles. The van der Waals surface area contributed by atoms with E-state index in [0.717, 1.165) is 25.1 Å². The third-order valence-corrected chi connectivity index (χ3v) is 6.50. The van der Waals surface area contributed by atoms with Crippen molar-refractivity contribution in [2.75, 3.05) is 37.2 Å². The molecule has 2 rings (SSSR count). The average Bonchev–Trinajstić information content (AvgIpc) is 2.60. The maximum Gasteiger partial charge on any atom is 0.244 e. The fourth-order valence-corrected chi connectivity index (χ4v) is 4.12. The highest BCUT2D eigenvalue weighted by Crippen LogP contribution is 2.27. The Hall–Kier alpha value is -1.33. The van der Waals surface area contributed by atoms with Crippen molar-refractivity contribution in [1.29, 1.82) is 0 Å². The van der Waals surface area contributed by atoms with E-state index in [1.165, 1.54) is 32.2 Å². The molecule has 26 heavy (non-hydrogen) atoms. The first-order valence-electron chi connectivity index (χ1n) is 7.84. The minimum Gasteiger partial charge on any atom is -0.495 e. The Bertz CT molecular complexity index is 854. The van der Waals surface area contributed by atoms with Crippen molar-refractivity contribution in [3.05, 3.63) is 29.8 Å². The number of rotatable bonds is 8. The molecule has 1 aromatic rings. The van der Waals surface area contributed by atoms with Gasteiger partial charge >= 0.3 is 0 Å². The van der Waals surface area contributed by atoms with Crippen LogP contribution in [0.3, 0.4) is 0 Å². The smallest absolute Gasteiger partial charge is 0.244 e. The van der Waals surface area contributed by atoms with E-state index in [1.54, 1.807) is 0 Å². The van der Waals surface area contributed by atoms with E-state index in [1.807, 2.05) is 6.08 Å². The minimum atomic E-state index is -3.78. The van der Waals surface area contributed by atoms with E-state index in [4.69, 9.17) is 4.74 Å². The van der Waals surface area contributed by atoms with Crippen LogP contribution >= 0.6 is 12.4 Å². The topological polar surface area (TPSA) is 114 Å². The summed E-state index contributed by atoms with van der Waals surface area (Å²) in [5.41, 5.74) is 1.27. The van der Waals surface area contributed by atoms with Crippen molar-refractivity contribution < 1.29 is 21.6 Å². The van der Waals surface area contributed by atoms with Crippen LogP contribution in [-0.2, 0) is 20.0 Å². The average molecular weight is 426 g/mol. The number of sulfonamides is 2. The summed E-state index contributed by atoms with van der Waals surface area (Å²) in [5.74, 6) is -0.0101. The molecule has 0 saturated heterocycles. The Labute approximate surface area is 160 Å². The molecule has 1 aliphatic heterocycles. The monoisotopic (exact) mass is 425 g/mol. The largest absolute Gasteiger partial charge is 0.495 e. The minimum absolute atomic E-state index is 0. The molecule has 1 aliphatic rings. The standard InChI is InChI=1S/C15H23N3O5S2.ClH/c1-3-24(19,20)18-13-4-5-15(14(10-13)23-2)25(21,22)17-11-12-6-8-16-9-7-12;/h4-6,10,16-18H,3,7-9,11H2,1-2H3;1H. The van der Waals surface area contributed by atoms with Crippen molar-refractivity contribution in [2.45, 2.75) is 18.2 Å². The van der Waals surface area contributed by atoms with Gasteiger partial charge in [-0.1, -0.05) is 11.6 Å². The van der Waals surface area contributed by atoms with Crippen molar-refractivity contribution in [3.8, 4) is 5.75 Å². The number of hydrogen-bond acceptors (Lipinski definition) is 6. The molecule has 0 amide bonds. The van der Waals surface area contributed by atoms with E-state index >= 15 is 0 Å². The summed E-state index contributed by atoms with van der Waals surface area (Å²) in [6.45, 7) is 3.30. The summed E-state index contributed by atoms with van der Waals surface area (Å²) in [7, 11) is -5.90. The first kappa shape index (κ1) is 22.7. The number of ether oxygens (including phenoxy) is 1. The predicted molar refractivity (Wildman–Crippen MR) is 104 cm³/mol. The van der Waals surface area contributed by atoms with Crippen LogP contribution in [0.15, 0.2) is 34.7 Å². The van der Waals surface area contributed by atoms with Crippen molar-refractivity contribution in [3.63, 3.8) is 0 Å². The Morgan fingerprint density at radius 2 is 1.96 bits per heavy atom. The molecule has 1 aromatic carbocycles. The lowest BCUT2D eigenvalue weighted by atomic mass is 10.1. The van der Waals surface area contributed by atoms with Crippen LogP contribution in [0.5, 0.6) is 5.75 Å². The van der Waals surface area contributed by atoms with Crippen molar-refractivity contribution in [2.24, 2.45) is 0 Å². The van der Waals surface area contributed by atoms with E-state index in [0.29, 0.717) is 0 Å². The quantitative estimate of drug-likeness (QED) is 0.537. The summed E-state index contributed by atoms with van der Waals surface area (Å²) < 4.78 is 58.4. The van der Waals surface area contributed by atoms with E-state index < -0.39 is 20.0 Å². The molecule has 0 aromatic heterocycles. The second kappa shape index (κ2) is 9.56. The van der Waals surface area contributed by atoms with Gasteiger partial charge < -0.3 is 10.1 Å². The van der Waals surface area contributed by atoms with Crippen molar-refractivity contribution in [1.82, 2.24) is 10.0 Å². The maximum absolute atomic E-state index is 12.5. The molecule has 0 spiro atoms. The fraction of sp³-hybridized carbons (Fsp3) is 0.467. The normalized spacial score (nSPS) is 14.9. The predicted octanol–water partition coefficient (Wildman–Crippen LogP) is 1.08. The number of benzene rings is 1. The number of methoxy groups -OCH3 is 1. The molecular formula is C15H24ClN3O5S2. The highest BCUT2D eigenvalue weighted by Gasteiger charge is 2.21. The van der Waals surface area contributed by atoms with Gasteiger partial charge in [-0.3, -0.25) is 4.72 Å². The summed E-state index contributed by atoms with van der Waals surface area (Å²) >= 11 is 0. The van der Waals surface area contributed by atoms with Crippen LogP contribution in [0.4, 0.5) is 5.69 Å². The number of hydrogen-bond donors (Lipinski definition) is 3. The zero-order valence-corrected chi connectivity index (χ0v) is 17.1. The zero-order valence-electron chi connectivity index (χ0n) is 14.6. The van der Waals surface area contributed by atoms with Gasteiger partial charge in [0.25, 0.3) is 0 Å². The Morgan fingerprint density at radius 1 is 1.23 bits per heavy atom. The fourth-order valence-electron chi connectivity index (χ4n) is 2.30. The first-order valence-corrected chi connectivity index (χ1v) is 11.0. The molecule has 0 bridgehead atoms. The third kappa shape index (κ3) is 6.13. The Balaban J connectivity index is 0.00000338. The molecule has 1 heterocycles. The van der Waals surface area contributed by atoms with E-state index in [2.05, 4.69) is 14.8 Å². The summed E-state index contributed by atoms with van der Waals surface area (Å²) in [6, 6.07) is 4.07. The molecule has 0 radical (unpaired) electrons. The van der Waals surface area contributed by atoms with Crippen LogP contribution < -0.4 is 19.5 Å². The van der Waals surface area contributed by atoms with Crippen LogP contribution in [0.2, 0.25) is 0 Å². The van der Waals surface area contributed by atoms with Crippen LogP contribution in [0.1, 0.15) is 13.3 Å². The van der Waals surface area contributed by atoms with Gasteiger partial charge in [-0.25, -0.2) is 21.6 Å². The summed E-state index contributed by atoms with van der Waals surface area (Å²) in [4.78, 5) is -0.0380. The summed E-state index contributed by atoms with van der Waals surface area (Å²) in [5, 5.41) is 3.16. The lowest BCUT2D eigenvalue weighted by Gasteiger charge is -2.16. The molecular weight excluding hydrogens is 402 g/mol. The molecule has 11 heteroatoms. The molecule has 0 atom stereocenters. The van der Waals surface area contributed by atoms with Gasteiger partial charge in [-0.2, -0.15) is 0 Å². The first-order chi connectivity index (χ1) is 11.8. The summed E-state index contributed by atoms with van der Waals surface area (Å²) in [6.07, 6.45) is 2.75. The van der Waals surface area contributed by atoms with Crippen LogP contribution in [-0.4, -0.2) is 49.3 Å². The van der Waals surface area contributed by atoms with Gasteiger partial charge in [0.2, 0.25) is 20.0 Å². The highest BCUT2D eigenvalue weighted by atomic mass is 35.5. The second-order valence-electron chi connectivity index (χ2n) is 5.51. The van der Waals surface area contributed by atoms with Gasteiger partial charge in [0.1, 0.15) is 10.6 Å². The Morgan fingerprint density at radius 3 is 2.54 bits per heavy atom.